The van der Waals surface area contributed by atoms with Crippen LogP contribution in [0.2, 0.25) is 10.0 Å². The number of esters is 1. The monoisotopic (exact) mass is 679 g/mol. The van der Waals surface area contributed by atoms with Crippen LogP contribution in [0.5, 0.6) is 17.2 Å². The highest BCUT2D eigenvalue weighted by Crippen LogP contribution is 2.38. The van der Waals surface area contributed by atoms with Crippen LogP contribution < -0.4 is 19.6 Å². The largest absolute Gasteiger partial charge is 0.496 e. The van der Waals surface area contributed by atoms with E-state index in [1.54, 1.807) is 36.4 Å². The van der Waals surface area contributed by atoms with Gasteiger partial charge in [0.2, 0.25) is 0 Å². The number of fused-ring (bicyclic) bond motifs is 1. The minimum atomic E-state index is -0.659. The number of nitrogens with one attached hydrogen (secondary N) is 2. The molecule has 0 saturated heterocycles. The van der Waals surface area contributed by atoms with E-state index >= 15 is 0 Å². The van der Waals surface area contributed by atoms with Crippen molar-refractivity contribution in [1.29, 1.82) is 0 Å². The normalized spacial score (nSPS) is 11.1. The Balaban J connectivity index is 1.38. The number of hydrogen-bond acceptors (Lipinski definition) is 6. The van der Waals surface area contributed by atoms with Crippen LogP contribution in [0, 0.1) is 0 Å². The van der Waals surface area contributed by atoms with Gasteiger partial charge in [0, 0.05) is 36.5 Å². The molecule has 2 N–H and O–H groups in total. The van der Waals surface area contributed by atoms with E-state index < -0.39 is 11.9 Å². The first-order valence-electron chi connectivity index (χ1n) is 13.0. The topological polar surface area (TPSA) is 102 Å². The van der Waals surface area contributed by atoms with Crippen LogP contribution >= 0.6 is 39.1 Å². The number of carbonyl (C=O) groups excluding carboxylic acids is 2. The van der Waals surface area contributed by atoms with Gasteiger partial charge in [0.05, 0.1) is 19.9 Å². The van der Waals surface area contributed by atoms with Crippen molar-refractivity contribution < 1.29 is 23.8 Å². The van der Waals surface area contributed by atoms with E-state index in [1.807, 2.05) is 43.3 Å². The van der Waals surface area contributed by atoms with E-state index in [-0.39, 0.29) is 11.3 Å². The molecule has 5 aromatic rings. The first-order chi connectivity index (χ1) is 20.8. The molecule has 0 atom stereocenters. The van der Waals surface area contributed by atoms with E-state index in [2.05, 4.69) is 31.4 Å². The third-order valence-electron chi connectivity index (χ3n) is 6.36. The Bertz CT molecular complexity index is 1870. The molecule has 0 spiro atoms. The van der Waals surface area contributed by atoms with E-state index in [4.69, 9.17) is 37.4 Å². The van der Waals surface area contributed by atoms with Crippen LogP contribution in [0.1, 0.15) is 33.3 Å². The number of ether oxygens (including phenoxy) is 3. The van der Waals surface area contributed by atoms with E-state index in [0.717, 1.165) is 15.4 Å². The molecule has 0 bridgehead atoms. The number of H-pyrrole nitrogens is 1. The first-order valence-corrected chi connectivity index (χ1v) is 14.6. The number of aromatic nitrogens is 1. The van der Waals surface area contributed by atoms with Gasteiger partial charge in [-0.1, -0.05) is 57.3 Å². The number of amides is 1. The fourth-order valence-electron chi connectivity index (χ4n) is 4.45. The van der Waals surface area contributed by atoms with E-state index in [1.165, 1.54) is 19.4 Å². The number of carbonyl (C=O) groups is 2. The molecular weight excluding hydrogens is 657 g/mol. The zero-order valence-electron chi connectivity index (χ0n) is 22.9. The summed E-state index contributed by atoms with van der Waals surface area (Å²) in [4.78, 5) is 29.4. The SMILES string of the molecule is CCOc1cc(C=NNC(=O)c2[nH]c3ccc(Br)cc3c2-c2ccccc2Cl)ccc1OC(=O)c1cc(Cl)ccc1OC. The second-order valence-corrected chi connectivity index (χ2v) is 10.9. The summed E-state index contributed by atoms with van der Waals surface area (Å²) in [6, 6.07) is 22.6. The van der Waals surface area contributed by atoms with Crippen molar-refractivity contribution in [2.45, 2.75) is 6.92 Å². The van der Waals surface area contributed by atoms with Crippen LogP contribution in [0.25, 0.3) is 22.0 Å². The van der Waals surface area contributed by atoms with Crippen LogP contribution in [-0.4, -0.2) is 36.8 Å². The lowest BCUT2D eigenvalue weighted by molar-refractivity contribution is 0.0724. The summed E-state index contributed by atoms with van der Waals surface area (Å²) in [7, 11) is 1.45. The van der Waals surface area contributed by atoms with Crippen molar-refractivity contribution in [3.63, 3.8) is 0 Å². The summed E-state index contributed by atoms with van der Waals surface area (Å²) < 4.78 is 17.4. The second kappa shape index (κ2) is 13.3. The second-order valence-electron chi connectivity index (χ2n) is 9.12. The third-order valence-corrected chi connectivity index (χ3v) is 7.42. The number of halogens is 3. The van der Waals surface area contributed by atoms with Crippen LogP contribution in [-0.2, 0) is 0 Å². The number of hydrogen-bond donors (Lipinski definition) is 2. The molecule has 4 aromatic carbocycles. The maximum absolute atomic E-state index is 13.3. The van der Waals surface area contributed by atoms with Crippen molar-refractivity contribution in [3.05, 3.63) is 110 Å². The van der Waals surface area contributed by atoms with Gasteiger partial charge >= 0.3 is 5.97 Å². The molecule has 1 amide bonds. The molecule has 5 rings (SSSR count). The molecule has 1 heterocycles. The van der Waals surface area contributed by atoms with Crippen molar-refractivity contribution in [3.8, 4) is 28.4 Å². The van der Waals surface area contributed by atoms with Crippen molar-refractivity contribution >= 4 is 68.1 Å². The molecule has 0 saturated carbocycles. The van der Waals surface area contributed by atoms with E-state index in [0.29, 0.717) is 50.5 Å². The van der Waals surface area contributed by atoms with Gasteiger partial charge in [0.15, 0.2) is 11.5 Å². The molecular formula is C32H24BrCl2N3O5. The Morgan fingerprint density at radius 1 is 0.977 bits per heavy atom. The zero-order valence-corrected chi connectivity index (χ0v) is 26.0. The van der Waals surface area contributed by atoms with Gasteiger partial charge in [-0.05, 0) is 73.2 Å². The molecule has 0 aliphatic heterocycles. The van der Waals surface area contributed by atoms with E-state index in [9.17, 15) is 9.59 Å². The number of aromatic amines is 1. The van der Waals surface area contributed by atoms with Crippen molar-refractivity contribution in [2.24, 2.45) is 5.10 Å². The highest BCUT2D eigenvalue weighted by molar-refractivity contribution is 9.10. The van der Waals surface area contributed by atoms with Crippen LogP contribution in [0.4, 0.5) is 0 Å². The Labute approximate surface area is 265 Å². The Kier molecular flexibility index (Phi) is 9.35. The Morgan fingerprint density at radius 3 is 2.53 bits per heavy atom. The summed E-state index contributed by atoms with van der Waals surface area (Å²) >= 11 is 16.1. The minimum Gasteiger partial charge on any atom is -0.496 e. The summed E-state index contributed by atoms with van der Waals surface area (Å²) in [6.07, 6.45) is 1.46. The third kappa shape index (κ3) is 6.69. The number of hydrazone groups is 1. The Hall–Kier alpha value is -4.31. The Morgan fingerprint density at radius 2 is 1.77 bits per heavy atom. The smallest absolute Gasteiger partial charge is 0.347 e. The zero-order chi connectivity index (χ0) is 30.5. The summed E-state index contributed by atoms with van der Waals surface area (Å²) in [5, 5.41) is 5.86. The van der Waals surface area contributed by atoms with Gasteiger partial charge in [-0.15, -0.1) is 0 Å². The highest BCUT2D eigenvalue weighted by Gasteiger charge is 2.21. The molecule has 0 radical (unpaired) electrons. The highest BCUT2D eigenvalue weighted by atomic mass is 79.9. The van der Waals surface area contributed by atoms with Crippen molar-refractivity contribution in [1.82, 2.24) is 10.4 Å². The van der Waals surface area contributed by atoms with Gasteiger partial charge in [-0.25, -0.2) is 10.2 Å². The number of methoxy groups -OCH3 is 1. The molecule has 0 fully saturated rings. The average Bonchev–Trinajstić information content (AvgIpc) is 3.37. The first kappa shape index (κ1) is 30.2. The number of rotatable bonds is 9. The fraction of sp³-hybridized carbons (Fsp3) is 0.0938. The van der Waals surface area contributed by atoms with Gasteiger partial charge in [-0.3, -0.25) is 4.79 Å². The molecule has 11 heteroatoms. The molecule has 1 aromatic heterocycles. The fourth-order valence-corrected chi connectivity index (χ4v) is 5.22. The summed E-state index contributed by atoms with van der Waals surface area (Å²) in [5.74, 6) is -0.275. The predicted octanol–water partition coefficient (Wildman–Crippen LogP) is 8.29. The lowest BCUT2D eigenvalue weighted by Crippen LogP contribution is -2.19. The number of benzene rings is 4. The molecule has 0 aliphatic carbocycles. The molecule has 218 valence electrons. The van der Waals surface area contributed by atoms with Gasteiger partial charge < -0.3 is 19.2 Å². The number of nitrogens with zero attached hydrogens (tertiary/aromatic N) is 1. The minimum absolute atomic E-state index is 0.172. The van der Waals surface area contributed by atoms with Gasteiger partial charge in [0.1, 0.15) is 17.0 Å². The van der Waals surface area contributed by atoms with Gasteiger partial charge in [-0.2, -0.15) is 5.10 Å². The van der Waals surface area contributed by atoms with Gasteiger partial charge in [0.25, 0.3) is 5.91 Å². The predicted molar refractivity (Wildman–Crippen MR) is 172 cm³/mol. The maximum Gasteiger partial charge on any atom is 0.347 e. The van der Waals surface area contributed by atoms with Crippen LogP contribution in [0.15, 0.2) is 88.4 Å². The maximum atomic E-state index is 13.3. The molecule has 8 nitrogen and oxygen atoms in total. The molecule has 0 aliphatic rings. The van der Waals surface area contributed by atoms with Crippen molar-refractivity contribution in [2.75, 3.05) is 13.7 Å². The molecule has 0 unspecified atom stereocenters. The summed E-state index contributed by atoms with van der Waals surface area (Å²) in [6.45, 7) is 2.13. The molecule has 43 heavy (non-hydrogen) atoms. The quantitative estimate of drug-likeness (QED) is 0.0706. The average molecular weight is 681 g/mol. The summed E-state index contributed by atoms with van der Waals surface area (Å²) in [5.41, 5.74) is 5.81. The lowest BCUT2D eigenvalue weighted by Gasteiger charge is -2.13. The standard InChI is InChI=1S/C32H24BrCl2N3O5/c1-3-42-28-14-18(8-12-27(28)43-32(40)23-16-20(34)10-13-26(23)41-2)17-36-38-31(39)30-29(21-6-4-5-7-24(21)35)22-15-19(33)9-11-25(22)37-30/h4-17,37H,3H2,1-2H3,(H,38,39). The lowest BCUT2D eigenvalue weighted by atomic mass is 10.0. The van der Waals surface area contributed by atoms with Crippen LogP contribution in [0.3, 0.4) is 0 Å².